The van der Waals surface area contributed by atoms with Crippen molar-refractivity contribution in [2.45, 2.75) is 13.8 Å². The molecule has 2 heterocycles. The smallest absolute Gasteiger partial charge is 0.397 e. The van der Waals surface area contributed by atoms with Gasteiger partial charge in [0.25, 0.3) is 0 Å². The summed E-state index contributed by atoms with van der Waals surface area (Å²) in [6.45, 7) is 3.81. The molecule has 6 heteroatoms. The number of esters is 1. The number of rotatable bonds is 3. The Morgan fingerprint density at radius 3 is 3.00 bits per heavy atom. The van der Waals surface area contributed by atoms with Crippen molar-refractivity contribution in [3.8, 4) is 11.6 Å². The fourth-order valence-electron chi connectivity index (χ4n) is 1.19. The molecule has 2 aromatic rings. The Labute approximate surface area is 91.2 Å². The molecule has 0 aromatic carbocycles. The van der Waals surface area contributed by atoms with E-state index in [-0.39, 0.29) is 18.3 Å². The molecular weight excluding hydrogens is 212 g/mol. The summed E-state index contributed by atoms with van der Waals surface area (Å²) in [7, 11) is 0. The molecule has 0 spiro atoms. The van der Waals surface area contributed by atoms with Gasteiger partial charge in [0.05, 0.1) is 12.9 Å². The molecule has 0 bridgehead atoms. The number of furan rings is 1. The maximum absolute atomic E-state index is 11.3. The van der Waals surface area contributed by atoms with Crippen molar-refractivity contribution in [2.75, 3.05) is 6.61 Å². The van der Waals surface area contributed by atoms with Crippen molar-refractivity contribution in [3.05, 3.63) is 23.8 Å². The van der Waals surface area contributed by atoms with E-state index in [9.17, 15) is 4.79 Å². The first-order valence-electron chi connectivity index (χ1n) is 4.77. The van der Waals surface area contributed by atoms with Crippen LogP contribution in [-0.4, -0.2) is 22.7 Å². The van der Waals surface area contributed by atoms with Gasteiger partial charge >= 0.3 is 11.9 Å². The third-order valence-electron chi connectivity index (χ3n) is 1.94. The lowest BCUT2D eigenvalue weighted by Gasteiger charge is -1.93. The average Bonchev–Trinajstić information content (AvgIpc) is 2.86. The number of hydrogen-bond acceptors (Lipinski definition) is 6. The standard InChI is InChI=1S/C10H10N2O4/c1-3-14-10(13)9-11-8(12-16-9)7-6(2)4-5-15-7/h4-5H,3H2,1-2H3. The lowest BCUT2D eigenvalue weighted by atomic mass is 10.3. The summed E-state index contributed by atoms with van der Waals surface area (Å²) >= 11 is 0. The van der Waals surface area contributed by atoms with Gasteiger partial charge in [-0.1, -0.05) is 5.16 Å². The fourth-order valence-corrected chi connectivity index (χ4v) is 1.19. The molecule has 2 rings (SSSR count). The van der Waals surface area contributed by atoms with Crippen molar-refractivity contribution in [1.29, 1.82) is 0 Å². The SMILES string of the molecule is CCOC(=O)c1nc(-c2occc2C)no1. The zero-order chi connectivity index (χ0) is 11.5. The summed E-state index contributed by atoms with van der Waals surface area (Å²) in [5, 5.41) is 3.64. The summed E-state index contributed by atoms with van der Waals surface area (Å²) in [4.78, 5) is 15.1. The maximum Gasteiger partial charge on any atom is 0.397 e. The van der Waals surface area contributed by atoms with Crippen molar-refractivity contribution in [2.24, 2.45) is 0 Å². The minimum atomic E-state index is -0.634. The first-order valence-corrected chi connectivity index (χ1v) is 4.77. The highest BCUT2D eigenvalue weighted by atomic mass is 16.6. The maximum atomic E-state index is 11.3. The highest BCUT2D eigenvalue weighted by molar-refractivity contribution is 5.84. The number of aryl methyl sites for hydroxylation is 1. The van der Waals surface area contributed by atoms with E-state index in [0.717, 1.165) is 5.56 Å². The van der Waals surface area contributed by atoms with E-state index in [1.54, 1.807) is 13.0 Å². The molecular formula is C10H10N2O4. The number of carbonyl (C=O) groups excluding carboxylic acids is 1. The lowest BCUT2D eigenvalue weighted by molar-refractivity contribution is 0.0470. The average molecular weight is 222 g/mol. The largest absolute Gasteiger partial charge is 0.461 e. The van der Waals surface area contributed by atoms with Gasteiger partial charge in [-0.15, -0.1) is 0 Å². The quantitative estimate of drug-likeness (QED) is 0.737. The second kappa shape index (κ2) is 4.18. The molecule has 0 unspecified atom stereocenters. The number of hydrogen-bond donors (Lipinski definition) is 0. The fraction of sp³-hybridized carbons (Fsp3) is 0.300. The van der Waals surface area contributed by atoms with Gasteiger partial charge in [-0.3, -0.25) is 0 Å². The third-order valence-corrected chi connectivity index (χ3v) is 1.94. The topological polar surface area (TPSA) is 78.4 Å². The van der Waals surface area contributed by atoms with Crippen molar-refractivity contribution in [3.63, 3.8) is 0 Å². The third kappa shape index (κ3) is 1.81. The van der Waals surface area contributed by atoms with E-state index in [2.05, 4.69) is 10.1 Å². The first kappa shape index (κ1) is 10.4. The van der Waals surface area contributed by atoms with Gasteiger partial charge in [0.15, 0.2) is 5.76 Å². The molecule has 0 atom stereocenters. The molecule has 0 aliphatic heterocycles. The first-order chi connectivity index (χ1) is 7.72. The summed E-state index contributed by atoms with van der Waals surface area (Å²) in [6, 6.07) is 1.77. The second-order valence-corrected chi connectivity index (χ2v) is 3.08. The Balaban J connectivity index is 2.26. The molecule has 0 N–H and O–H groups in total. The molecule has 0 saturated heterocycles. The van der Waals surface area contributed by atoms with E-state index in [1.165, 1.54) is 6.26 Å². The Bertz CT molecular complexity index is 500. The Morgan fingerprint density at radius 1 is 1.56 bits per heavy atom. The van der Waals surface area contributed by atoms with E-state index in [1.807, 2.05) is 6.92 Å². The van der Waals surface area contributed by atoms with E-state index >= 15 is 0 Å². The van der Waals surface area contributed by atoms with Crippen molar-refractivity contribution >= 4 is 5.97 Å². The van der Waals surface area contributed by atoms with Crippen LogP contribution in [0.15, 0.2) is 21.3 Å². The van der Waals surface area contributed by atoms with E-state index in [4.69, 9.17) is 13.7 Å². The van der Waals surface area contributed by atoms with Crippen LogP contribution in [0.1, 0.15) is 23.2 Å². The van der Waals surface area contributed by atoms with Crippen LogP contribution in [0.5, 0.6) is 0 Å². The number of nitrogens with zero attached hydrogens (tertiary/aromatic N) is 2. The minimum absolute atomic E-state index is 0.173. The van der Waals surface area contributed by atoms with E-state index in [0.29, 0.717) is 5.76 Å². The molecule has 0 aliphatic rings. The predicted octanol–water partition coefficient (Wildman–Crippen LogP) is 1.81. The Kier molecular flexibility index (Phi) is 2.72. The van der Waals surface area contributed by atoms with Gasteiger partial charge < -0.3 is 13.7 Å². The summed E-state index contributed by atoms with van der Waals surface area (Å²) < 4.78 is 14.7. The van der Waals surface area contributed by atoms with Crippen LogP contribution in [0.3, 0.4) is 0 Å². The molecule has 84 valence electrons. The lowest BCUT2D eigenvalue weighted by Crippen LogP contribution is -2.04. The molecule has 0 saturated carbocycles. The van der Waals surface area contributed by atoms with Crippen LogP contribution in [0.25, 0.3) is 11.6 Å². The highest BCUT2D eigenvalue weighted by Gasteiger charge is 2.19. The van der Waals surface area contributed by atoms with E-state index < -0.39 is 5.97 Å². The zero-order valence-corrected chi connectivity index (χ0v) is 8.89. The van der Waals surface area contributed by atoms with Crippen molar-refractivity contribution < 1.29 is 18.5 Å². The molecule has 0 fully saturated rings. The van der Waals surface area contributed by atoms with Gasteiger partial charge in [0, 0.05) is 0 Å². The zero-order valence-electron chi connectivity index (χ0n) is 8.89. The highest BCUT2D eigenvalue weighted by Crippen LogP contribution is 2.21. The summed E-state index contributed by atoms with van der Waals surface area (Å²) in [5.74, 6) is -0.0806. The molecule has 16 heavy (non-hydrogen) atoms. The minimum Gasteiger partial charge on any atom is -0.461 e. The van der Waals surface area contributed by atoms with Crippen LogP contribution in [-0.2, 0) is 4.74 Å². The van der Waals surface area contributed by atoms with Gasteiger partial charge in [0.2, 0.25) is 5.82 Å². The number of carbonyl (C=O) groups is 1. The van der Waals surface area contributed by atoms with Crippen LogP contribution < -0.4 is 0 Å². The summed E-state index contributed by atoms with van der Waals surface area (Å²) in [5.41, 5.74) is 0.871. The Morgan fingerprint density at radius 2 is 2.38 bits per heavy atom. The van der Waals surface area contributed by atoms with Gasteiger partial charge in [0.1, 0.15) is 0 Å². The van der Waals surface area contributed by atoms with Gasteiger partial charge in [-0.25, -0.2) is 4.79 Å². The molecule has 0 aliphatic carbocycles. The monoisotopic (exact) mass is 222 g/mol. The van der Waals surface area contributed by atoms with Crippen molar-refractivity contribution in [1.82, 2.24) is 10.1 Å². The molecule has 2 aromatic heterocycles. The number of ether oxygens (including phenoxy) is 1. The van der Waals surface area contributed by atoms with Crippen LogP contribution >= 0.6 is 0 Å². The van der Waals surface area contributed by atoms with Crippen LogP contribution in [0.4, 0.5) is 0 Å². The van der Waals surface area contributed by atoms with Crippen LogP contribution in [0, 0.1) is 6.92 Å². The second-order valence-electron chi connectivity index (χ2n) is 3.08. The van der Waals surface area contributed by atoms with Crippen LogP contribution in [0.2, 0.25) is 0 Å². The molecule has 0 amide bonds. The molecule has 6 nitrogen and oxygen atoms in total. The van der Waals surface area contributed by atoms with Gasteiger partial charge in [-0.05, 0) is 25.5 Å². The Hall–Kier alpha value is -2.11. The van der Waals surface area contributed by atoms with Gasteiger partial charge in [-0.2, -0.15) is 4.98 Å². The normalized spacial score (nSPS) is 10.4. The predicted molar refractivity (Wildman–Crippen MR) is 52.7 cm³/mol. The molecule has 0 radical (unpaired) electrons. The summed E-state index contributed by atoms with van der Waals surface area (Å²) in [6.07, 6.45) is 1.52. The number of aromatic nitrogens is 2.